The van der Waals surface area contributed by atoms with E-state index in [9.17, 15) is 22.4 Å². The summed E-state index contributed by atoms with van der Waals surface area (Å²) in [5.41, 5.74) is 8.37. The molecule has 0 bridgehead atoms. The molecule has 36 heavy (non-hydrogen) atoms. The monoisotopic (exact) mass is 507 g/mol. The maximum atomic E-state index is 14.4. The van der Waals surface area contributed by atoms with E-state index in [1.54, 1.807) is 6.08 Å². The average Bonchev–Trinajstić information content (AvgIpc) is 3.19. The SMILES string of the molecule is CCC(/C=C\CNC1CC=NN1C)=C(\C=NC1CCc2c(F)cccc2N(CC(F)(F)F)C1=O)N=N. The minimum atomic E-state index is -4.67. The van der Waals surface area contributed by atoms with Crippen LogP contribution >= 0.6 is 0 Å². The van der Waals surface area contributed by atoms with E-state index in [1.165, 1.54) is 18.3 Å². The highest BCUT2D eigenvalue weighted by molar-refractivity contribution is 6.00. The van der Waals surface area contributed by atoms with Gasteiger partial charge in [0.2, 0.25) is 0 Å². The molecule has 8 nitrogen and oxygen atoms in total. The van der Waals surface area contributed by atoms with Crippen molar-refractivity contribution < 1.29 is 22.4 Å². The first-order valence-electron chi connectivity index (χ1n) is 11.6. The number of anilines is 1. The lowest BCUT2D eigenvalue weighted by Gasteiger charge is -2.25. The van der Waals surface area contributed by atoms with Gasteiger partial charge in [0, 0.05) is 31.8 Å². The Kier molecular flexibility index (Phi) is 9.08. The summed E-state index contributed by atoms with van der Waals surface area (Å²) in [6, 6.07) is 2.57. The van der Waals surface area contributed by atoms with Crippen LogP contribution in [0.2, 0.25) is 0 Å². The van der Waals surface area contributed by atoms with Crippen LogP contribution in [0.1, 0.15) is 31.7 Å². The number of alkyl halides is 3. The molecule has 2 aliphatic heterocycles. The minimum absolute atomic E-state index is 0.0289. The van der Waals surface area contributed by atoms with Gasteiger partial charge in [-0.15, -0.1) is 0 Å². The molecule has 0 fully saturated rings. The number of hydrogen-bond donors (Lipinski definition) is 2. The number of halogens is 4. The highest BCUT2D eigenvalue weighted by Gasteiger charge is 2.39. The first-order valence-corrected chi connectivity index (χ1v) is 11.6. The molecule has 0 saturated carbocycles. The van der Waals surface area contributed by atoms with Gasteiger partial charge in [-0.25, -0.2) is 9.92 Å². The van der Waals surface area contributed by atoms with Crippen molar-refractivity contribution in [1.82, 2.24) is 10.3 Å². The Bertz CT molecular complexity index is 1080. The van der Waals surface area contributed by atoms with Crippen LogP contribution in [0, 0.1) is 11.3 Å². The smallest absolute Gasteiger partial charge is 0.301 e. The third-order valence-electron chi connectivity index (χ3n) is 5.98. The lowest BCUT2D eigenvalue weighted by molar-refractivity contribution is -0.133. The van der Waals surface area contributed by atoms with Gasteiger partial charge in [0.15, 0.2) is 0 Å². The van der Waals surface area contributed by atoms with Crippen LogP contribution in [-0.2, 0) is 11.2 Å². The topological polar surface area (TPSA) is 96.5 Å². The number of benzene rings is 1. The van der Waals surface area contributed by atoms with Crippen LogP contribution in [0.25, 0.3) is 0 Å². The third-order valence-corrected chi connectivity index (χ3v) is 5.98. The first kappa shape index (κ1) is 27.2. The zero-order chi connectivity index (χ0) is 26.3. The lowest BCUT2D eigenvalue weighted by Crippen LogP contribution is -2.43. The van der Waals surface area contributed by atoms with Crippen molar-refractivity contribution in [1.29, 1.82) is 5.53 Å². The molecule has 1 amide bonds. The molecule has 0 spiro atoms. The van der Waals surface area contributed by atoms with E-state index < -0.39 is 30.5 Å². The maximum absolute atomic E-state index is 14.4. The van der Waals surface area contributed by atoms with Crippen molar-refractivity contribution in [2.24, 2.45) is 15.2 Å². The number of carbonyl (C=O) groups is 1. The Morgan fingerprint density at radius 3 is 2.78 bits per heavy atom. The van der Waals surface area contributed by atoms with E-state index in [0.717, 1.165) is 12.5 Å². The second-order valence-electron chi connectivity index (χ2n) is 8.42. The van der Waals surface area contributed by atoms with Crippen LogP contribution < -0.4 is 10.2 Å². The minimum Gasteiger partial charge on any atom is -0.301 e. The highest BCUT2D eigenvalue weighted by Crippen LogP contribution is 2.32. The fraction of sp³-hybridized carbons (Fsp3) is 0.458. The largest absolute Gasteiger partial charge is 0.406 e. The number of nitrogens with zero attached hydrogens (tertiary/aromatic N) is 5. The summed E-state index contributed by atoms with van der Waals surface area (Å²) in [4.78, 5) is 17.8. The number of aliphatic imine (C=N–C) groups is 1. The van der Waals surface area contributed by atoms with E-state index in [-0.39, 0.29) is 36.0 Å². The molecule has 2 heterocycles. The Morgan fingerprint density at radius 1 is 1.36 bits per heavy atom. The molecular weight excluding hydrogens is 478 g/mol. The van der Waals surface area contributed by atoms with E-state index >= 15 is 0 Å². The summed E-state index contributed by atoms with van der Waals surface area (Å²) in [5.74, 6) is -1.54. The molecule has 3 rings (SSSR count). The molecular formula is C24H29F4N7O. The predicted molar refractivity (Wildman–Crippen MR) is 130 cm³/mol. The summed E-state index contributed by atoms with van der Waals surface area (Å²) in [6.45, 7) is 0.866. The van der Waals surface area contributed by atoms with Gasteiger partial charge in [0.1, 0.15) is 30.3 Å². The summed E-state index contributed by atoms with van der Waals surface area (Å²) < 4.78 is 54.2. The summed E-state index contributed by atoms with van der Waals surface area (Å²) in [7, 11) is 1.87. The highest BCUT2D eigenvalue weighted by atomic mass is 19.4. The van der Waals surface area contributed by atoms with Gasteiger partial charge in [-0.2, -0.15) is 23.4 Å². The molecule has 194 valence electrons. The zero-order valence-corrected chi connectivity index (χ0v) is 20.1. The van der Waals surface area contributed by atoms with Crippen molar-refractivity contribution >= 4 is 24.0 Å². The Hall–Kier alpha value is -3.41. The molecule has 0 aromatic heterocycles. The quantitative estimate of drug-likeness (QED) is 0.221. The Balaban J connectivity index is 1.79. The third kappa shape index (κ3) is 6.84. The number of nitrogens with one attached hydrogen (secondary N) is 2. The number of allylic oxidation sites excluding steroid dienone is 3. The fourth-order valence-corrected chi connectivity index (χ4v) is 4.09. The second-order valence-corrected chi connectivity index (χ2v) is 8.42. The van der Waals surface area contributed by atoms with Gasteiger partial charge in [-0.05, 0) is 37.0 Å². The predicted octanol–water partition coefficient (Wildman–Crippen LogP) is 4.59. The number of fused-ring (bicyclic) bond motifs is 1. The molecule has 12 heteroatoms. The summed E-state index contributed by atoms with van der Waals surface area (Å²) in [6.07, 6.45) is 3.52. The van der Waals surface area contributed by atoms with Crippen LogP contribution in [-0.4, -0.2) is 61.9 Å². The van der Waals surface area contributed by atoms with Gasteiger partial charge >= 0.3 is 6.18 Å². The lowest BCUT2D eigenvalue weighted by atomic mass is 10.1. The van der Waals surface area contributed by atoms with Crippen molar-refractivity contribution in [2.45, 2.75) is 51.0 Å². The number of hydrazone groups is 1. The summed E-state index contributed by atoms with van der Waals surface area (Å²) >= 11 is 0. The standard InChI is InChI=1S/C24H29F4N7O/c1-3-16(6-5-12-30-22-11-13-32-34(22)2)20(33-29)14-31-19-10-9-17-18(25)7-4-8-21(17)35(23(19)36)15-24(26,27)28/h4-8,13-14,19,22,29-30H,3,9-12,15H2,1-2H3/b6-5-,20-16-,31-14?,33-29?. The zero-order valence-electron chi connectivity index (χ0n) is 20.1. The van der Waals surface area contributed by atoms with Gasteiger partial charge in [0.05, 0.1) is 11.9 Å². The average molecular weight is 508 g/mol. The normalized spacial score (nSPS) is 21.3. The van der Waals surface area contributed by atoms with Gasteiger partial charge < -0.3 is 4.90 Å². The molecule has 1 aromatic carbocycles. The van der Waals surface area contributed by atoms with Crippen molar-refractivity contribution in [3.05, 3.63) is 53.0 Å². The van der Waals surface area contributed by atoms with Crippen LogP contribution in [0.4, 0.5) is 23.2 Å². The molecule has 2 N–H and O–H groups in total. The van der Waals surface area contributed by atoms with E-state index in [2.05, 4.69) is 20.5 Å². The van der Waals surface area contributed by atoms with Crippen molar-refractivity contribution in [2.75, 3.05) is 25.0 Å². The Labute approximate surface area is 207 Å². The summed E-state index contributed by atoms with van der Waals surface area (Å²) in [5, 5.41) is 12.8. The molecule has 0 saturated heterocycles. The van der Waals surface area contributed by atoms with Crippen LogP contribution in [0.5, 0.6) is 0 Å². The molecule has 2 unspecified atom stereocenters. The first-order chi connectivity index (χ1) is 17.1. The number of rotatable bonds is 9. The molecule has 0 aliphatic carbocycles. The van der Waals surface area contributed by atoms with Gasteiger partial charge in [-0.3, -0.25) is 20.1 Å². The number of amides is 1. The second kappa shape index (κ2) is 12.0. The molecule has 1 aromatic rings. The Morgan fingerprint density at radius 2 is 2.14 bits per heavy atom. The van der Waals surface area contributed by atoms with E-state index in [4.69, 9.17) is 5.53 Å². The molecule has 2 atom stereocenters. The molecule has 0 radical (unpaired) electrons. The van der Waals surface area contributed by atoms with Crippen molar-refractivity contribution in [3.63, 3.8) is 0 Å². The number of carbonyl (C=O) groups excluding carboxylic acids is 1. The van der Waals surface area contributed by atoms with Crippen LogP contribution in [0.15, 0.2) is 56.8 Å². The molecule has 2 aliphatic rings. The maximum Gasteiger partial charge on any atom is 0.406 e. The van der Waals surface area contributed by atoms with Crippen molar-refractivity contribution in [3.8, 4) is 0 Å². The number of hydrogen-bond acceptors (Lipinski definition) is 7. The van der Waals surface area contributed by atoms with Gasteiger partial charge in [-0.1, -0.05) is 25.1 Å². The van der Waals surface area contributed by atoms with E-state index in [0.29, 0.717) is 23.4 Å². The fourth-order valence-electron chi connectivity index (χ4n) is 4.09. The van der Waals surface area contributed by atoms with Gasteiger partial charge in [0.25, 0.3) is 5.91 Å². The van der Waals surface area contributed by atoms with E-state index in [1.807, 2.05) is 31.3 Å². The van der Waals surface area contributed by atoms with Crippen LogP contribution in [0.3, 0.4) is 0 Å².